The number of nitriles is 1. The molecule has 0 radical (unpaired) electrons. The lowest BCUT2D eigenvalue weighted by Gasteiger charge is -2.35. The summed E-state index contributed by atoms with van der Waals surface area (Å²) in [5.74, 6) is 1.37. The maximum absolute atomic E-state index is 9.20. The van der Waals surface area contributed by atoms with E-state index >= 15 is 0 Å². The summed E-state index contributed by atoms with van der Waals surface area (Å²) >= 11 is 5.94. The summed E-state index contributed by atoms with van der Waals surface area (Å²) in [6.07, 6.45) is 5.07. The van der Waals surface area contributed by atoms with Gasteiger partial charge in [0, 0.05) is 11.1 Å². The van der Waals surface area contributed by atoms with Crippen molar-refractivity contribution in [1.29, 1.82) is 5.26 Å². The molecule has 1 N–H and O–H groups in total. The molecule has 1 fully saturated rings. The number of rotatable bonds is 3. The van der Waals surface area contributed by atoms with Crippen LogP contribution in [0.25, 0.3) is 0 Å². The summed E-state index contributed by atoms with van der Waals surface area (Å²) < 4.78 is 0. The standard InChI is InChI=1S/C16H21ClN2/c1-11(2)14-5-3-4-6-16(14)19-15-8-7-13(17)9-12(15)10-18/h7-9,11,14,16,19H,3-6H2,1-2H3. The van der Waals surface area contributed by atoms with Crippen LogP contribution in [0.2, 0.25) is 5.02 Å². The molecule has 0 aliphatic heterocycles. The van der Waals surface area contributed by atoms with Crippen molar-refractivity contribution in [3.8, 4) is 6.07 Å². The van der Waals surface area contributed by atoms with Crippen molar-refractivity contribution < 1.29 is 0 Å². The molecule has 0 amide bonds. The summed E-state index contributed by atoms with van der Waals surface area (Å²) in [6.45, 7) is 4.58. The Kier molecular flexibility index (Phi) is 4.71. The Bertz CT molecular complexity index is 476. The lowest BCUT2D eigenvalue weighted by Crippen LogP contribution is -2.35. The largest absolute Gasteiger partial charge is 0.381 e. The zero-order valence-electron chi connectivity index (χ0n) is 11.6. The maximum atomic E-state index is 9.20. The summed E-state index contributed by atoms with van der Waals surface area (Å²) in [4.78, 5) is 0. The van der Waals surface area contributed by atoms with E-state index < -0.39 is 0 Å². The van der Waals surface area contributed by atoms with Gasteiger partial charge in [-0.2, -0.15) is 5.26 Å². The molecule has 0 aromatic heterocycles. The zero-order chi connectivity index (χ0) is 13.8. The Balaban J connectivity index is 2.17. The van der Waals surface area contributed by atoms with E-state index in [4.69, 9.17) is 11.6 Å². The van der Waals surface area contributed by atoms with Crippen LogP contribution < -0.4 is 5.32 Å². The third kappa shape index (κ3) is 3.42. The Morgan fingerprint density at radius 3 is 2.74 bits per heavy atom. The number of halogens is 1. The van der Waals surface area contributed by atoms with Crippen LogP contribution >= 0.6 is 11.6 Å². The third-order valence-electron chi connectivity index (χ3n) is 4.12. The molecule has 2 rings (SSSR count). The molecule has 0 spiro atoms. The van der Waals surface area contributed by atoms with Crippen molar-refractivity contribution in [2.24, 2.45) is 11.8 Å². The molecule has 1 saturated carbocycles. The van der Waals surface area contributed by atoms with Gasteiger partial charge in [-0.05, 0) is 42.9 Å². The second-order valence-corrected chi connectivity index (χ2v) is 6.18. The second-order valence-electron chi connectivity index (χ2n) is 5.74. The highest BCUT2D eigenvalue weighted by molar-refractivity contribution is 6.30. The smallest absolute Gasteiger partial charge is 0.101 e. The van der Waals surface area contributed by atoms with Crippen LogP contribution in [0.4, 0.5) is 5.69 Å². The van der Waals surface area contributed by atoms with Gasteiger partial charge < -0.3 is 5.32 Å². The Hall–Kier alpha value is -1.20. The lowest BCUT2D eigenvalue weighted by molar-refractivity contribution is 0.254. The van der Waals surface area contributed by atoms with Crippen LogP contribution in [0.3, 0.4) is 0 Å². The fraction of sp³-hybridized carbons (Fsp3) is 0.562. The second kappa shape index (κ2) is 6.30. The molecule has 0 bridgehead atoms. The first-order chi connectivity index (χ1) is 9.11. The van der Waals surface area contributed by atoms with Gasteiger partial charge >= 0.3 is 0 Å². The topological polar surface area (TPSA) is 35.8 Å². The van der Waals surface area contributed by atoms with Crippen molar-refractivity contribution in [2.75, 3.05) is 5.32 Å². The fourth-order valence-corrected chi connectivity index (χ4v) is 3.24. The Morgan fingerprint density at radius 1 is 1.32 bits per heavy atom. The van der Waals surface area contributed by atoms with Crippen molar-refractivity contribution in [2.45, 2.75) is 45.6 Å². The van der Waals surface area contributed by atoms with E-state index in [-0.39, 0.29) is 0 Å². The first kappa shape index (κ1) is 14.2. The summed E-state index contributed by atoms with van der Waals surface area (Å²) in [6, 6.07) is 8.20. The van der Waals surface area contributed by atoms with E-state index in [2.05, 4.69) is 25.2 Å². The molecule has 1 aromatic rings. The predicted molar refractivity (Wildman–Crippen MR) is 80.4 cm³/mol. The van der Waals surface area contributed by atoms with Crippen LogP contribution in [0.5, 0.6) is 0 Å². The highest BCUT2D eigenvalue weighted by Gasteiger charge is 2.27. The van der Waals surface area contributed by atoms with Gasteiger partial charge in [-0.3, -0.25) is 0 Å². The average molecular weight is 277 g/mol. The molecule has 2 unspecified atom stereocenters. The van der Waals surface area contributed by atoms with E-state index in [0.29, 0.717) is 28.5 Å². The number of anilines is 1. The highest BCUT2D eigenvalue weighted by Crippen LogP contribution is 2.33. The molecule has 0 heterocycles. The molecule has 1 aromatic carbocycles. The normalized spacial score (nSPS) is 23.1. The number of nitrogens with zero attached hydrogens (tertiary/aromatic N) is 1. The van der Waals surface area contributed by atoms with Gasteiger partial charge in [-0.1, -0.05) is 38.3 Å². The summed E-state index contributed by atoms with van der Waals surface area (Å²) in [7, 11) is 0. The number of hydrogen-bond acceptors (Lipinski definition) is 2. The number of nitrogens with one attached hydrogen (secondary N) is 1. The molecule has 1 aliphatic rings. The molecular formula is C16H21ClN2. The van der Waals surface area contributed by atoms with Crippen molar-refractivity contribution in [1.82, 2.24) is 0 Å². The number of hydrogen-bond donors (Lipinski definition) is 1. The molecule has 19 heavy (non-hydrogen) atoms. The monoisotopic (exact) mass is 276 g/mol. The van der Waals surface area contributed by atoms with Gasteiger partial charge in [0.2, 0.25) is 0 Å². The molecular weight excluding hydrogens is 256 g/mol. The Labute approximate surface area is 120 Å². The fourth-order valence-electron chi connectivity index (χ4n) is 3.07. The summed E-state index contributed by atoms with van der Waals surface area (Å²) in [5.41, 5.74) is 1.56. The molecule has 1 aliphatic carbocycles. The van der Waals surface area contributed by atoms with E-state index in [1.54, 1.807) is 6.07 Å². The molecule has 3 heteroatoms. The first-order valence-corrected chi connectivity index (χ1v) is 7.46. The minimum absolute atomic E-state index is 0.474. The van der Waals surface area contributed by atoms with Crippen LogP contribution in [0.15, 0.2) is 18.2 Å². The van der Waals surface area contributed by atoms with Gasteiger partial charge in [-0.15, -0.1) is 0 Å². The predicted octanol–water partition coefficient (Wildman–Crippen LogP) is 4.84. The van der Waals surface area contributed by atoms with Crippen LogP contribution in [0.1, 0.15) is 45.1 Å². The molecule has 2 nitrogen and oxygen atoms in total. The van der Waals surface area contributed by atoms with Gasteiger partial charge in [0.05, 0.1) is 11.3 Å². The van der Waals surface area contributed by atoms with E-state index in [0.717, 1.165) is 5.69 Å². The molecule has 2 atom stereocenters. The van der Waals surface area contributed by atoms with Gasteiger partial charge in [0.15, 0.2) is 0 Å². The third-order valence-corrected chi connectivity index (χ3v) is 4.35. The molecule has 0 saturated heterocycles. The van der Waals surface area contributed by atoms with Gasteiger partial charge in [-0.25, -0.2) is 0 Å². The van der Waals surface area contributed by atoms with Crippen LogP contribution in [-0.4, -0.2) is 6.04 Å². The van der Waals surface area contributed by atoms with Crippen LogP contribution in [0, 0.1) is 23.2 Å². The average Bonchev–Trinajstić information content (AvgIpc) is 2.41. The minimum Gasteiger partial charge on any atom is -0.381 e. The van der Waals surface area contributed by atoms with E-state index in [9.17, 15) is 5.26 Å². The highest BCUT2D eigenvalue weighted by atomic mass is 35.5. The SMILES string of the molecule is CC(C)C1CCCCC1Nc1ccc(Cl)cc1C#N. The van der Waals surface area contributed by atoms with E-state index in [1.165, 1.54) is 25.7 Å². The first-order valence-electron chi connectivity index (χ1n) is 7.08. The summed E-state index contributed by atoms with van der Waals surface area (Å²) in [5, 5.41) is 13.4. The Morgan fingerprint density at radius 2 is 2.05 bits per heavy atom. The minimum atomic E-state index is 0.474. The van der Waals surface area contributed by atoms with Gasteiger partial charge in [0.25, 0.3) is 0 Å². The van der Waals surface area contributed by atoms with Crippen molar-refractivity contribution in [3.63, 3.8) is 0 Å². The zero-order valence-corrected chi connectivity index (χ0v) is 12.4. The van der Waals surface area contributed by atoms with Crippen molar-refractivity contribution >= 4 is 17.3 Å². The maximum Gasteiger partial charge on any atom is 0.101 e. The van der Waals surface area contributed by atoms with E-state index in [1.807, 2.05) is 12.1 Å². The van der Waals surface area contributed by atoms with Gasteiger partial charge in [0.1, 0.15) is 6.07 Å². The molecule has 102 valence electrons. The quantitative estimate of drug-likeness (QED) is 0.857. The number of benzene rings is 1. The van der Waals surface area contributed by atoms with Crippen molar-refractivity contribution in [3.05, 3.63) is 28.8 Å². The lowest BCUT2D eigenvalue weighted by atomic mass is 9.77. The van der Waals surface area contributed by atoms with Crippen LogP contribution in [-0.2, 0) is 0 Å².